The number of carbonyl (C=O) groups excluding carboxylic acids is 2. The van der Waals surface area contributed by atoms with Crippen molar-refractivity contribution in [2.24, 2.45) is 0 Å². The summed E-state index contributed by atoms with van der Waals surface area (Å²) in [5, 5.41) is 23.7. The SMILES string of the molecule is CC(=O)Nc1ccc(SC[C@@H]2C[C@H](c3ccc(CO)cc3)O[C@H](c3ccc(NC(=O)CCC(=O)O)cc3)O2)cc1. The summed E-state index contributed by atoms with van der Waals surface area (Å²) in [7, 11) is 0. The van der Waals surface area contributed by atoms with Gasteiger partial charge < -0.3 is 30.3 Å². The lowest BCUT2D eigenvalue weighted by atomic mass is 10.0. The number of amides is 2. The van der Waals surface area contributed by atoms with Crippen molar-refractivity contribution in [1.29, 1.82) is 0 Å². The molecule has 3 aromatic carbocycles. The summed E-state index contributed by atoms with van der Waals surface area (Å²) in [5.41, 5.74) is 3.90. The molecule has 4 rings (SSSR count). The standard InChI is InChI=1S/C30H32N2O7S/c1-19(34)31-23-10-12-26(13-11-23)40-18-25-16-27(21-4-2-20(17-33)3-5-21)39-30(38-25)22-6-8-24(9-7-22)32-28(35)14-15-29(36)37/h2-13,25,27,30,33H,14-18H2,1H3,(H,31,34)(H,32,35)(H,36,37)/t25-,27+,30+/m0/s1. The summed E-state index contributed by atoms with van der Waals surface area (Å²) in [5.74, 6) is -0.822. The molecule has 0 aliphatic carbocycles. The zero-order valence-corrected chi connectivity index (χ0v) is 22.9. The van der Waals surface area contributed by atoms with Gasteiger partial charge in [0.1, 0.15) is 0 Å². The second-order valence-corrected chi connectivity index (χ2v) is 10.5. The third-order valence-corrected chi connectivity index (χ3v) is 7.40. The molecule has 10 heteroatoms. The molecule has 9 nitrogen and oxygen atoms in total. The maximum Gasteiger partial charge on any atom is 0.303 e. The van der Waals surface area contributed by atoms with Crippen LogP contribution in [-0.4, -0.2) is 39.9 Å². The van der Waals surface area contributed by atoms with Crippen LogP contribution in [-0.2, 0) is 30.5 Å². The summed E-state index contributed by atoms with van der Waals surface area (Å²) in [6.07, 6.45) is -0.679. The molecule has 1 aliphatic heterocycles. The molecule has 0 aromatic heterocycles. The number of benzene rings is 3. The Labute approximate surface area is 236 Å². The van der Waals surface area contributed by atoms with E-state index >= 15 is 0 Å². The molecule has 4 N–H and O–H groups in total. The first-order chi connectivity index (χ1) is 19.3. The number of carbonyl (C=O) groups is 3. The lowest BCUT2D eigenvalue weighted by Crippen LogP contribution is -2.31. The molecule has 1 heterocycles. The molecule has 0 bridgehead atoms. The number of aliphatic hydroxyl groups excluding tert-OH is 1. The second-order valence-electron chi connectivity index (χ2n) is 9.43. The predicted octanol–water partition coefficient (Wildman–Crippen LogP) is 5.28. The first-order valence-corrected chi connectivity index (χ1v) is 13.9. The van der Waals surface area contributed by atoms with Crippen LogP contribution in [0, 0.1) is 0 Å². The summed E-state index contributed by atoms with van der Waals surface area (Å²) >= 11 is 1.66. The zero-order valence-electron chi connectivity index (χ0n) is 22.0. The van der Waals surface area contributed by atoms with Crippen molar-refractivity contribution < 1.29 is 34.1 Å². The van der Waals surface area contributed by atoms with Crippen molar-refractivity contribution in [1.82, 2.24) is 0 Å². The van der Waals surface area contributed by atoms with Crippen LogP contribution in [0.2, 0.25) is 0 Å². The van der Waals surface area contributed by atoms with Gasteiger partial charge in [-0.1, -0.05) is 36.4 Å². The molecule has 2 amide bonds. The van der Waals surface area contributed by atoms with Crippen LogP contribution in [0.1, 0.15) is 55.3 Å². The number of ether oxygens (including phenoxy) is 2. The molecular formula is C30H32N2O7S. The van der Waals surface area contributed by atoms with Gasteiger partial charge in [0.25, 0.3) is 0 Å². The van der Waals surface area contributed by atoms with Gasteiger partial charge in [0.15, 0.2) is 6.29 Å². The number of carboxylic acid groups (broad SMARTS) is 1. The Morgan fingerprint density at radius 3 is 2.10 bits per heavy atom. The third-order valence-electron chi connectivity index (χ3n) is 6.26. The molecule has 1 fully saturated rings. The molecule has 1 aliphatic rings. The molecule has 40 heavy (non-hydrogen) atoms. The van der Waals surface area contributed by atoms with Crippen molar-refractivity contribution in [3.63, 3.8) is 0 Å². The molecule has 0 spiro atoms. The maximum atomic E-state index is 12.0. The quantitative estimate of drug-likeness (QED) is 0.231. The van der Waals surface area contributed by atoms with E-state index in [-0.39, 0.29) is 43.5 Å². The fourth-order valence-corrected chi connectivity index (χ4v) is 5.14. The number of hydrogen-bond acceptors (Lipinski definition) is 7. The molecule has 0 saturated carbocycles. The third kappa shape index (κ3) is 8.65. The molecule has 0 radical (unpaired) electrons. The highest BCUT2D eigenvalue weighted by molar-refractivity contribution is 7.99. The Kier molecular flexibility index (Phi) is 10.3. The van der Waals surface area contributed by atoms with Crippen molar-refractivity contribution in [3.8, 4) is 0 Å². The Bertz CT molecular complexity index is 1300. The first kappa shape index (κ1) is 29.3. The molecular weight excluding hydrogens is 532 g/mol. The van der Waals surface area contributed by atoms with E-state index in [1.54, 1.807) is 23.9 Å². The molecule has 0 unspecified atom stereocenters. The number of aliphatic carboxylic acids is 1. The Morgan fingerprint density at radius 1 is 0.850 bits per heavy atom. The van der Waals surface area contributed by atoms with Gasteiger partial charge in [-0.25, -0.2) is 0 Å². The van der Waals surface area contributed by atoms with Gasteiger partial charge in [-0.15, -0.1) is 11.8 Å². The average Bonchev–Trinajstić information content (AvgIpc) is 2.96. The van der Waals surface area contributed by atoms with E-state index in [1.807, 2.05) is 60.7 Å². The van der Waals surface area contributed by atoms with Crippen LogP contribution in [0.25, 0.3) is 0 Å². The van der Waals surface area contributed by atoms with Crippen molar-refractivity contribution in [2.45, 2.75) is 56.2 Å². The van der Waals surface area contributed by atoms with Gasteiger partial charge >= 0.3 is 5.97 Å². The number of aliphatic hydroxyl groups is 1. The average molecular weight is 565 g/mol. The van der Waals surface area contributed by atoms with Crippen molar-refractivity contribution in [3.05, 3.63) is 89.5 Å². The smallest absolute Gasteiger partial charge is 0.303 e. The van der Waals surface area contributed by atoms with Crippen LogP contribution in [0.15, 0.2) is 77.7 Å². The number of nitrogens with one attached hydrogen (secondary N) is 2. The predicted molar refractivity (Wildman–Crippen MR) is 152 cm³/mol. The van der Waals surface area contributed by atoms with E-state index in [4.69, 9.17) is 14.6 Å². The monoisotopic (exact) mass is 564 g/mol. The summed E-state index contributed by atoms with van der Waals surface area (Å²) in [4.78, 5) is 35.0. The highest BCUT2D eigenvalue weighted by Crippen LogP contribution is 2.39. The fraction of sp³-hybridized carbons (Fsp3) is 0.300. The summed E-state index contributed by atoms with van der Waals surface area (Å²) in [6.45, 7) is 1.44. The van der Waals surface area contributed by atoms with E-state index in [0.29, 0.717) is 17.9 Å². The van der Waals surface area contributed by atoms with E-state index in [9.17, 15) is 19.5 Å². The first-order valence-electron chi connectivity index (χ1n) is 12.9. The van der Waals surface area contributed by atoms with Gasteiger partial charge in [0.05, 0.1) is 25.2 Å². The number of thioether (sulfide) groups is 1. The van der Waals surface area contributed by atoms with Gasteiger partial charge in [-0.2, -0.15) is 0 Å². The van der Waals surface area contributed by atoms with E-state index in [1.165, 1.54) is 6.92 Å². The second kappa shape index (κ2) is 14.1. The highest BCUT2D eigenvalue weighted by Gasteiger charge is 2.32. The molecule has 3 aromatic rings. The Hall–Kier alpha value is -3.70. The van der Waals surface area contributed by atoms with Crippen LogP contribution < -0.4 is 10.6 Å². The van der Waals surface area contributed by atoms with Crippen LogP contribution >= 0.6 is 11.8 Å². The maximum absolute atomic E-state index is 12.0. The number of rotatable bonds is 11. The van der Waals surface area contributed by atoms with Gasteiger partial charge in [-0.3, -0.25) is 14.4 Å². The van der Waals surface area contributed by atoms with Crippen molar-refractivity contribution >= 4 is 40.9 Å². The van der Waals surface area contributed by atoms with Gasteiger partial charge in [0.2, 0.25) is 11.8 Å². The summed E-state index contributed by atoms with van der Waals surface area (Å²) in [6, 6.07) is 22.4. The van der Waals surface area contributed by atoms with E-state index in [0.717, 1.165) is 27.3 Å². The minimum atomic E-state index is -1.02. The van der Waals surface area contributed by atoms with Crippen LogP contribution in [0.3, 0.4) is 0 Å². The Balaban J connectivity index is 1.45. The Morgan fingerprint density at radius 2 is 1.48 bits per heavy atom. The van der Waals surface area contributed by atoms with E-state index in [2.05, 4.69) is 10.6 Å². The lowest BCUT2D eigenvalue weighted by Gasteiger charge is -2.36. The highest BCUT2D eigenvalue weighted by atomic mass is 32.2. The zero-order chi connectivity index (χ0) is 28.5. The summed E-state index contributed by atoms with van der Waals surface area (Å²) < 4.78 is 12.7. The number of carboxylic acids is 1. The van der Waals surface area contributed by atoms with Gasteiger partial charge in [0, 0.05) is 47.4 Å². The van der Waals surface area contributed by atoms with Crippen LogP contribution in [0.4, 0.5) is 11.4 Å². The topological polar surface area (TPSA) is 134 Å². The lowest BCUT2D eigenvalue weighted by molar-refractivity contribution is -0.245. The molecule has 210 valence electrons. The normalized spacial score (nSPS) is 18.6. The fourth-order valence-electron chi connectivity index (χ4n) is 4.22. The molecule has 3 atom stereocenters. The minimum absolute atomic E-state index is 0.0310. The van der Waals surface area contributed by atoms with E-state index < -0.39 is 12.3 Å². The van der Waals surface area contributed by atoms with Gasteiger partial charge in [-0.05, 0) is 47.5 Å². The molecule has 1 saturated heterocycles. The minimum Gasteiger partial charge on any atom is -0.481 e. The van der Waals surface area contributed by atoms with Crippen molar-refractivity contribution in [2.75, 3.05) is 16.4 Å². The number of hydrogen-bond donors (Lipinski definition) is 4. The largest absolute Gasteiger partial charge is 0.481 e. The number of anilines is 2. The van der Waals surface area contributed by atoms with Crippen LogP contribution in [0.5, 0.6) is 0 Å².